The zero-order chi connectivity index (χ0) is 12.0. The van der Waals surface area contributed by atoms with Gasteiger partial charge in [0.1, 0.15) is 5.54 Å². The molecule has 0 radical (unpaired) electrons. The van der Waals surface area contributed by atoms with Crippen LogP contribution in [-0.2, 0) is 4.79 Å². The number of hydrogen-bond donors (Lipinski definition) is 2. The number of carbonyl (C=O) groups excluding carboxylic acids is 1. The summed E-state index contributed by atoms with van der Waals surface area (Å²) in [4.78, 5) is 14.3. The number of thioether (sulfide) groups is 1. The molecule has 0 aromatic rings. The largest absolute Gasteiger partial charge is 0.368 e. The second-order valence-electron chi connectivity index (χ2n) is 3.83. The van der Waals surface area contributed by atoms with Crippen molar-refractivity contribution < 1.29 is 4.79 Å². The first kappa shape index (κ1) is 13.2. The van der Waals surface area contributed by atoms with Crippen molar-refractivity contribution in [1.82, 2.24) is 5.32 Å². The Hall–Kier alpha value is -0.910. The smallest absolute Gasteiger partial charge is 0.238 e. The zero-order valence-corrected chi connectivity index (χ0v) is 10.2. The van der Waals surface area contributed by atoms with Gasteiger partial charge in [0.15, 0.2) is 0 Å². The van der Waals surface area contributed by atoms with Crippen LogP contribution in [-0.4, -0.2) is 35.5 Å². The number of nitrogens with one attached hydrogen (secondary N) is 1. The highest BCUT2D eigenvalue weighted by atomic mass is 32.2. The Labute approximate surface area is 99.0 Å². The summed E-state index contributed by atoms with van der Waals surface area (Å²) in [6.07, 6.45) is 1.74. The molecule has 1 rings (SSSR count). The van der Waals surface area contributed by atoms with Crippen LogP contribution in [0, 0.1) is 0 Å². The average molecular weight is 243 g/mol. The van der Waals surface area contributed by atoms with Gasteiger partial charge in [-0.05, 0) is 24.1 Å². The first-order valence-corrected chi connectivity index (χ1v) is 6.36. The Kier molecular flexibility index (Phi) is 4.92. The Morgan fingerprint density at radius 1 is 1.81 bits per heavy atom. The predicted octanol–water partition coefficient (Wildman–Crippen LogP) is 1.03. The third-order valence-corrected chi connectivity index (χ3v) is 4.36. The van der Waals surface area contributed by atoms with Crippen molar-refractivity contribution in [2.24, 2.45) is 10.8 Å². The van der Waals surface area contributed by atoms with Crippen molar-refractivity contribution in [3.63, 3.8) is 0 Å². The van der Waals surface area contributed by atoms with E-state index in [2.05, 4.69) is 15.3 Å². The van der Waals surface area contributed by atoms with E-state index in [-0.39, 0.29) is 11.2 Å². The standard InChI is InChI=1S/C9H17N5OS/c1-7-9(8(10)15,3-2-6-16-7)12-4-5-13-14-11/h7,12H,2-6H2,1H3,(H2,10,15). The molecule has 16 heavy (non-hydrogen) atoms. The summed E-state index contributed by atoms with van der Waals surface area (Å²) >= 11 is 1.75. The van der Waals surface area contributed by atoms with Crippen LogP contribution in [0.5, 0.6) is 0 Å². The number of primary amides is 1. The van der Waals surface area contributed by atoms with Gasteiger partial charge in [-0.3, -0.25) is 4.79 Å². The highest BCUT2D eigenvalue weighted by Gasteiger charge is 2.43. The van der Waals surface area contributed by atoms with E-state index in [1.807, 2.05) is 6.92 Å². The number of azide groups is 1. The fourth-order valence-electron chi connectivity index (χ4n) is 1.97. The first-order valence-electron chi connectivity index (χ1n) is 5.31. The second-order valence-corrected chi connectivity index (χ2v) is 5.28. The maximum atomic E-state index is 11.6. The minimum atomic E-state index is -0.645. The molecule has 3 N–H and O–H groups in total. The summed E-state index contributed by atoms with van der Waals surface area (Å²) < 4.78 is 0. The molecule has 0 saturated carbocycles. The van der Waals surface area contributed by atoms with Crippen LogP contribution in [0.25, 0.3) is 10.4 Å². The van der Waals surface area contributed by atoms with Gasteiger partial charge in [-0.25, -0.2) is 0 Å². The highest BCUT2D eigenvalue weighted by Crippen LogP contribution is 2.33. The van der Waals surface area contributed by atoms with E-state index in [9.17, 15) is 4.79 Å². The molecule has 1 amide bonds. The lowest BCUT2D eigenvalue weighted by molar-refractivity contribution is -0.124. The zero-order valence-electron chi connectivity index (χ0n) is 9.35. The van der Waals surface area contributed by atoms with E-state index in [1.165, 1.54) is 0 Å². The maximum Gasteiger partial charge on any atom is 0.238 e. The molecule has 0 aliphatic carbocycles. The molecule has 1 aliphatic heterocycles. The van der Waals surface area contributed by atoms with Crippen LogP contribution in [0.1, 0.15) is 19.8 Å². The van der Waals surface area contributed by atoms with Crippen LogP contribution in [0.2, 0.25) is 0 Å². The summed E-state index contributed by atoms with van der Waals surface area (Å²) in [6, 6.07) is 0. The van der Waals surface area contributed by atoms with E-state index in [1.54, 1.807) is 11.8 Å². The molecule has 1 aliphatic rings. The fraction of sp³-hybridized carbons (Fsp3) is 0.889. The molecule has 90 valence electrons. The van der Waals surface area contributed by atoms with Crippen molar-refractivity contribution >= 4 is 17.7 Å². The second kappa shape index (κ2) is 5.98. The molecule has 1 heterocycles. The minimum absolute atomic E-state index is 0.157. The minimum Gasteiger partial charge on any atom is -0.368 e. The van der Waals surface area contributed by atoms with E-state index < -0.39 is 5.54 Å². The summed E-state index contributed by atoms with van der Waals surface area (Å²) in [6.45, 7) is 2.83. The first-order chi connectivity index (χ1) is 7.63. The van der Waals surface area contributed by atoms with Gasteiger partial charge >= 0.3 is 0 Å². The number of nitrogens with zero attached hydrogens (tertiary/aromatic N) is 3. The Morgan fingerprint density at radius 3 is 3.12 bits per heavy atom. The van der Waals surface area contributed by atoms with E-state index in [0.29, 0.717) is 13.1 Å². The summed E-state index contributed by atoms with van der Waals surface area (Å²) in [5.41, 5.74) is 13.0. The number of carbonyl (C=O) groups is 1. The molecule has 6 nitrogen and oxygen atoms in total. The Bertz CT molecular complexity index is 304. The molecule has 0 aromatic carbocycles. The molecule has 2 unspecified atom stereocenters. The number of rotatable bonds is 5. The molecule has 7 heteroatoms. The maximum absolute atomic E-state index is 11.6. The number of hydrogen-bond acceptors (Lipinski definition) is 4. The van der Waals surface area contributed by atoms with Gasteiger partial charge in [-0.2, -0.15) is 11.8 Å². The topological polar surface area (TPSA) is 104 Å². The SMILES string of the molecule is CC1SCCCC1(NCCN=[N+]=[N-])C(N)=O. The summed E-state index contributed by atoms with van der Waals surface area (Å²) in [5, 5.41) is 6.75. The van der Waals surface area contributed by atoms with Crippen LogP contribution >= 0.6 is 11.8 Å². The monoisotopic (exact) mass is 243 g/mol. The van der Waals surface area contributed by atoms with Gasteiger partial charge in [-0.1, -0.05) is 12.0 Å². The molecule has 1 fully saturated rings. The van der Waals surface area contributed by atoms with Gasteiger partial charge in [0.25, 0.3) is 0 Å². The molecule has 0 aromatic heterocycles. The summed E-state index contributed by atoms with van der Waals surface area (Å²) in [5.74, 6) is 0.752. The molecule has 1 saturated heterocycles. The average Bonchev–Trinajstić information content (AvgIpc) is 2.26. The van der Waals surface area contributed by atoms with Crippen molar-refractivity contribution in [3.8, 4) is 0 Å². The van der Waals surface area contributed by atoms with Crippen LogP contribution in [0.3, 0.4) is 0 Å². The highest BCUT2D eigenvalue weighted by molar-refractivity contribution is 8.00. The Balaban J connectivity index is 2.64. The molecular formula is C9H17N5OS. The summed E-state index contributed by atoms with van der Waals surface area (Å²) in [7, 11) is 0. The lowest BCUT2D eigenvalue weighted by atomic mass is 9.88. The van der Waals surface area contributed by atoms with Crippen LogP contribution < -0.4 is 11.1 Å². The number of amides is 1. The van der Waals surface area contributed by atoms with Crippen LogP contribution in [0.4, 0.5) is 0 Å². The van der Waals surface area contributed by atoms with Gasteiger partial charge in [0.05, 0.1) is 0 Å². The quantitative estimate of drug-likeness (QED) is 0.326. The number of nitrogens with two attached hydrogens (primary N) is 1. The van der Waals surface area contributed by atoms with Gasteiger partial charge in [0, 0.05) is 23.3 Å². The third kappa shape index (κ3) is 2.81. The normalized spacial score (nSPS) is 29.4. The molecule has 2 atom stereocenters. The van der Waals surface area contributed by atoms with E-state index in [0.717, 1.165) is 18.6 Å². The van der Waals surface area contributed by atoms with Crippen molar-refractivity contribution in [2.75, 3.05) is 18.8 Å². The van der Waals surface area contributed by atoms with Crippen molar-refractivity contribution in [2.45, 2.75) is 30.6 Å². The van der Waals surface area contributed by atoms with Gasteiger partial charge in [-0.15, -0.1) is 0 Å². The molecule has 0 spiro atoms. The lowest BCUT2D eigenvalue weighted by Gasteiger charge is -2.40. The molecular weight excluding hydrogens is 226 g/mol. The molecule has 0 bridgehead atoms. The van der Waals surface area contributed by atoms with Crippen molar-refractivity contribution in [1.29, 1.82) is 0 Å². The fourth-order valence-corrected chi connectivity index (χ4v) is 3.24. The predicted molar refractivity (Wildman–Crippen MR) is 65.1 cm³/mol. The van der Waals surface area contributed by atoms with Gasteiger partial charge < -0.3 is 11.1 Å². The van der Waals surface area contributed by atoms with E-state index >= 15 is 0 Å². The third-order valence-electron chi connectivity index (χ3n) is 2.93. The van der Waals surface area contributed by atoms with Crippen LogP contribution in [0.15, 0.2) is 5.11 Å². The van der Waals surface area contributed by atoms with E-state index in [4.69, 9.17) is 11.3 Å². The van der Waals surface area contributed by atoms with Crippen molar-refractivity contribution in [3.05, 3.63) is 10.4 Å². The van der Waals surface area contributed by atoms with Gasteiger partial charge in [0.2, 0.25) is 5.91 Å². The Morgan fingerprint density at radius 2 is 2.56 bits per heavy atom. The lowest BCUT2D eigenvalue weighted by Crippen LogP contribution is -2.62.